The van der Waals surface area contributed by atoms with Crippen LogP contribution in [0.2, 0.25) is 0 Å². The fourth-order valence-electron chi connectivity index (χ4n) is 4.74. The van der Waals surface area contributed by atoms with Crippen molar-refractivity contribution in [1.29, 1.82) is 0 Å². The predicted molar refractivity (Wildman–Crippen MR) is 123 cm³/mol. The van der Waals surface area contributed by atoms with Crippen LogP contribution in [0, 0.1) is 5.95 Å². The van der Waals surface area contributed by atoms with E-state index in [2.05, 4.69) is 20.3 Å². The van der Waals surface area contributed by atoms with Crippen molar-refractivity contribution in [3.8, 4) is 5.19 Å². The number of amides is 1. The summed E-state index contributed by atoms with van der Waals surface area (Å²) in [5.74, 6) is -0.831. The van der Waals surface area contributed by atoms with Gasteiger partial charge in [0.05, 0.1) is 18.3 Å². The number of aromatic nitrogens is 3. The molecule has 36 heavy (non-hydrogen) atoms. The second-order valence-electron chi connectivity index (χ2n) is 9.60. The highest BCUT2D eigenvalue weighted by atomic mass is 32.1. The predicted octanol–water partition coefficient (Wildman–Crippen LogP) is 3.76. The Hall–Kier alpha value is -2.28. The van der Waals surface area contributed by atoms with Crippen molar-refractivity contribution in [1.82, 2.24) is 25.0 Å². The fourth-order valence-corrected chi connectivity index (χ4v) is 5.68. The second-order valence-corrected chi connectivity index (χ2v) is 10.6. The van der Waals surface area contributed by atoms with E-state index < -0.39 is 24.4 Å². The third kappa shape index (κ3) is 7.15. The maximum Gasteiger partial charge on any atom is 0.422 e. The largest absolute Gasteiger partial charge is 0.460 e. The number of rotatable bonds is 8. The minimum absolute atomic E-state index is 0.0444. The van der Waals surface area contributed by atoms with Crippen molar-refractivity contribution in [2.45, 2.75) is 69.3 Å². The van der Waals surface area contributed by atoms with Crippen LogP contribution in [0.1, 0.15) is 48.2 Å². The highest BCUT2D eigenvalue weighted by molar-refractivity contribution is 7.13. The summed E-state index contributed by atoms with van der Waals surface area (Å²) in [5, 5.41) is 6.72. The summed E-state index contributed by atoms with van der Waals surface area (Å²) < 4.78 is 72.2. The van der Waals surface area contributed by atoms with Gasteiger partial charge in [0.25, 0.3) is 5.19 Å². The van der Waals surface area contributed by atoms with E-state index in [1.165, 1.54) is 13.2 Å². The zero-order chi connectivity index (χ0) is 25.9. The zero-order valence-corrected chi connectivity index (χ0v) is 20.9. The molecule has 1 aliphatic heterocycles. The van der Waals surface area contributed by atoms with Crippen molar-refractivity contribution < 1.29 is 31.5 Å². The van der Waals surface area contributed by atoms with Crippen LogP contribution >= 0.6 is 11.3 Å². The number of thiazole rings is 1. The number of carbonyl (C=O) groups is 1. The first-order valence-electron chi connectivity index (χ1n) is 12.0. The van der Waals surface area contributed by atoms with Crippen LogP contribution in [0.3, 0.4) is 0 Å². The lowest BCUT2D eigenvalue weighted by atomic mass is 9.81. The van der Waals surface area contributed by atoms with Crippen LogP contribution in [0.15, 0.2) is 6.20 Å². The maximum atomic E-state index is 15.5. The van der Waals surface area contributed by atoms with Crippen LogP contribution in [0.25, 0.3) is 0 Å². The molecule has 1 fully saturated rings. The molecule has 1 aliphatic carbocycles. The lowest BCUT2D eigenvalue weighted by Crippen LogP contribution is -2.43. The Balaban J connectivity index is 1.18. The van der Waals surface area contributed by atoms with Crippen LogP contribution in [0.4, 0.5) is 22.0 Å². The molecule has 2 aromatic heterocycles. The molecule has 0 radical (unpaired) electrons. The smallest absolute Gasteiger partial charge is 0.422 e. The average molecular weight is 536 g/mol. The molecule has 0 unspecified atom stereocenters. The molecular formula is C23H30F5N5O2S. The monoisotopic (exact) mass is 535 g/mol. The molecule has 1 amide bonds. The molecule has 1 saturated carbocycles. The van der Waals surface area contributed by atoms with Gasteiger partial charge >= 0.3 is 6.18 Å². The van der Waals surface area contributed by atoms with E-state index in [0.717, 1.165) is 26.6 Å². The number of aryl methyl sites for hydroxylation is 1. The number of fused-ring (bicyclic) bond motifs is 1. The maximum absolute atomic E-state index is 15.5. The number of nitrogens with one attached hydrogen (secondary N) is 1. The summed E-state index contributed by atoms with van der Waals surface area (Å²) >= 11 is 1.15. The number of alkyl halides is 4. The molecule has 7 nitrogen and oxygen atoms in total. The minimum Gasteiger partial charge on any atom is -0.460 e. The number of carbonyl (C=O) groups excluding carboxylic acids is 1. The highest BCUT2D eigenvalue weighted by Gasteiger charge is 2.36. The van der Waals surface area contributed by atoms with Gasteiger partial charge in [-0.25, -0.2) is 14.1 Å². The molecule has 0 spiro atoms. The van der Waals surface area contributed by atoms with Gasteiger partial charge in [-0.15, -0.1) is 0 Å². The van der Waals surface area contributed by atoms with Crippen LogP contribution in [0.5, 0.6) is 5.19 Å². The van der Waals surface area contributed by atoms with Crippen LogP contribution in [-0.4, -0.2) is 69.7 Å². The van der Waals surface area contributed by atoms with Gasteiger partial charge < -0.3 is 15.0 Å². The average Bonchev–Trinajstić information content (AvgIpc) is 3.29. The van der Waals surface area contributed by atoms with E-state index in [-0.39, 0.29) is 29.1 Å². The van der Waals surface area contributed by atoms with Gasteiger partial charge in [0.1, 0.15) is 5.67 Å². The summed E-state index contributed by atoms with van der Waals surface area (Å²) in [6.45, 7) is 0.584. The van der Waals surface area contributed by atoms with Gasteiger partial charge in [-0.3, -0.25) is 4.79 Å². The molecule has 0 saturated heterocycles. The molecule has 2 aliphatic rings. The number of hydrogen-bond donors (Lipinski definition) is 1. The number of ether oxygens (including phenoxy) is 1. The van der Waals surface area contributed by atoms with Gasteiger partial charge in [0, 0.05) is 49.6 Å². The first-order chi connectivity index (χ1) is 17.0. The van der Waals surface area contributed by atoms with Crippen LogP contribution < -0.4 is 10.1 Å². The minimum atomic E-state index is -4.40. The SMILES string of the molecule is Cn1ncc(CC(=O)NC2CCC(F)(CCN3CCc4nc(OCC(F)(F)F)sc4CC3)CC2)c1F. The van der Waals surface area contributed by atoms with Crippen molar-refractivity contribution in [3.05, 3.63) is 28.3 Å². The molecule has 4 rings (SSSR count). The van der Waals surface area contributed by atoms with E-state index in [0.29, 0.717) is 64.6 Å². The van der Waals surface area contributed by atoms with E-state index in [4.69, 9.17) is 4.74 Å². The number of hydrogen-bond acceptors (Lipinski definition) is 6. The van der Waals surface area contributed by atoms with Gasteiger partial charge in [-0.2, -0.15) is 22.7 Å². The molecule has 1 N–H and O–H groups in total. The summed E-state index contributed by atoms with van der Waals surface area (Å²) in [6.07, 6.45) is 0.216. The van der Waals surface area contributed by atoms with Gasteiger partial charge in [0.2, 0.25) is 11.9 Å². The molecule has 13 heteroatoms. The Morgan fingerprint density at radius 1 is 1.28 bits per heavy atom. The van der Waals surface area contributed by atoms with Crippen molar-refractivity contribution in [3.63, 3.8) is 0 Å². The highest BCUT2D eigenvalue weighted by Crippen LogP contribution is 2.36. The Labute approximate surface area is 210 Å². The lowest BCUT2D eigenvalue weighted by Gasteiger charge is -2.35. The molecule has 2 aromatic rings. The normalized spacial score (nSPS) is 23.2. The molecular weight excluding hydrogens is 505 g/mol. The Bertz CT molecular complexity index is 1020. The zero-order valence-electron chi connectivity index (χ0n) is 20.0. The molecule has 3 heterocycles. The van der Waals surface area contributed by atoms with Crippen molar-refractivity contribution in [2.24, 2.45) is 7.05 Å². The van der Waals surface area contributed by atoms with Gasteiger partial charge in [-0.05, 0) is 38.5 Å². The lowest BCUT2D eigenvalue weighted by molar-refractivity contribution is -0.153. The summed E-state index contributed by atoms with van der Waals surface area (Å²) in [4.78, 5) is 19.6. The fraction of sp³-hybridized carbons (Fsp3) is 0.696. The summed E-state index contributed by atoms with van der Waals surface area (Å²) in [5.41, 5.74) is -0.306. The van der Waals surface area contributed by atoms with E-state index in [1.54, 1.807) is 0 Å². The van der Waals surface area contributed by atoms with Crippen LogP contribution in [-0.2, 0) is 31.1 Å². The Morgan fingerprint density at radius 3 is 2.67 bits per heavy atom. The van der Waals surface area contributed by atoms with Crippen molar-refractivity contribution in [2.75, 3.05) is 26.2 Å². The molecule has 0 bridgehead atoms. The summed E-state index contributed by atoms with van der Waals surface area (Å²) in [7, 11) is 1.47. The first kappa shape index (κ1) is 26.8. The summed E-state index contributed by atoms with van der Waals surface area (Å²) in [6, 6.07) is -0.130. The Morgan fingerprint density at radius 2 is 2.00 bits per heavy atom. The molecule has 200 valence electrons. The second kappa shape index (κ2) is 11.0. The van der Waals surface area contributed by atoms with E-state index in [9.17, 15) is 22.4 Å². The topological polar surface area (TPSA) is 72.3 Å². The van der Waals surface area contributed by atoms with E-state index in [1.807, 2.05) is 0 Å². The quantitative estimate of drug-likeness (QED) is 0.522. The van der Waals surface area contributed by atoms with Gasteiger partial charge in [0.15, 0.2) is 6.61 Å². The third-order valence-corrected chi connectivity index (χ3v) is 7.92. The molecule has 0 aromatic carbocycles. The number of nitrogens with zero attached hydrogens (tertiary/aromatic N) is 4. The molecule has 0 atom stereocenters. The van der Waals surface area contributed by atoms with Gasteiger partial charge in [-0.1, -0.05) is 11.3 Å². The Kier molecular flexibility index (Phi) is 8.18. The number of halogens is 5. The standard InChI is InChI=1S/C23H30F5N5O2S/c1-32-20(24)15(13-29-32)12-19(34)30-16-2-6-22(25,7-3-16)8-11-33-9-4-17-18(5-10-33)36-21(31-17)35-14-23(26,27)28/h13,16H,2-12,14H2,1H3,(H,30,34). The first-order valence-corrected chi connectivity index (χ1v) is 12.9. The van der Waals surface area contributed by atoms with Crippen molar-refractivity contribution >= 4 is 17.2 Å². The third-order valence-electron chi connectivity index (χ3n) is 6.85. The van der Waals surface area contributed by atoms with E-state index >= 15 is 4.39 Å².